The lowest BCUT2D eigenvalue weighted by molar-refractivity contribution is 0.219. The van der Waals surface area contributed by atoms with Crippen LogP contribution in [0.3, 0.4) is 0 Å². The van der Waals surface area contributed by atoms with Crippen molar-refractivity contribution in [2.45, 2.75) is 12.8 Å². The predicted octanol–water partition coefficient (Wildman–Crippen LogP) is 2.33. The Bertz CT molecular complexity index is 89.6. The Hall–Kier alpha value is 0.980. The van der Waals surface area contributed by atoms with Crippen LogP contribution in [0, 0.1) is 5.92 Å². The monoisotopic (exact) mass is 273 g/mol. The van der Waals surface area contributed by atoms with Gasteiger partial charge in [0.05, 0.1) is 4.55 Å². The zero-order valence-electron chi connectivity index (χ0n) is 6.02. The van der Waals surface area contributed by atoms with Crippen molar-refractivity contribution in [3.05, 3.63) is 0 Å². The Labute approximate surface area is 81.2 Å². The van der Waals surface area contributed by atoms with Crippen LogP contribution in [0.5, 0.6) is 0 Å². The van der Waals surface area contributed by atoms with E-state index in [9.17, 15) is 0 Å². The molecule has 60 valence electrons. The van der Waals surface area contributed by atoms with E-state index in [4.69, 9.17) is 11.6 Å². The summed E-state index contributed by atoms with van der Waals surface area (Å²) in [5, 5.41) is 0. The molecule has 0 aromatic heterocycles. The number of rotatable bonds is 2. The molecule has 0 radical (unpaired) electrons. The van der Waals surface area contributed by atoms with Crippen molar-refractivity contribution in [2.75, 3.05) is 23.5 Å². The molecule has 1 nitrogen and oxygen atoms in total. The van der Waals surface area contributed by atoms with E-state index in [0.717, 1.165) is 16.3 Å². The fraction of sp³-hybridized carbons (Fsp3) is 1.00. The molecule has 0 saturated carbocycles. The van der Waals surface area contributed by atoms with Gasteiger partial charge in [0, 0.05) is 12.4 Å². The molecular weight excluding hydrogens is 260 g/mol. The van der Waals surface area contributed by atoms with Crippen LogP contribution in [-0.2, 0) is 0 Å². The van der Waals surface area contributed by atoms with E-state index in [1.165, 1.54) is 25.9 Å². The molecule has 1 aliphatic rings. The first-order chi connectivity index (χ1) is 4.86. The third-order valence-corrected chi connectivity index (χ3v) is 3.39. The Morgan fingerprint density at radius 3 is 3.00 bits per heavy atom. The highest BCUT2D eigenvalue weighted by molar-refractivity contribution is 14.1. The standard InChI is InChI=1S/C7H13ClIN/c8-4-7-2-1-3-10(5-7)6-9/h7H,1-6H2. The van der Waals surface area contributed by atoms with E-state index in [1.54, 1.807) is 0 Å². The molecule has 0 aliphatic carbocycles. The third-order valence-electron chi connectivity index (χ3n) is 1.99. The van der Waals surface area contributed by atoms with Crippen LogP contribution < -0.4 is 0 Å². The molecule has 0 N–H and O–H groups in total. The maximum absolute atomic E-state index is 5.77. The maximum atomic E-state index is 5.77. The summed E-state index contributed by atoms with van der Waals surface area (Å²) in [5.41, 5.74) is 0. The smallest absolute Gasteiger partial charge is 0.0505 e. The van der Waals surface area contributed by atoms with E-state index >= 15 is 0 Å². The summed E-state index contributed by atoms with van der Waals surface area (Å²) in [5.74, 6) is 1.60. The molecule has 1 rings (SSSR count). The molecule has 1 heterocycles. The number of halogens is 2. The van der Waals surface area contributed by atoms with Crippen LogP contribution in [0.2, 0.25) is 0 Å². The van der Waals surface area contributed by atoms with Crippen molar-refractivity contribution in [3.63, 3.8) is 0 Å². The highest BCUT2D eigenvalue weighted by Gasteiger charge is 2.17. The number of piperidine rings is 1. The highest BCUT2D eigenvalue weighted by Crippen LogP contribution is 2.17. The van der Waals surface area contributed by atoms with Gasteiger partial charge in [0.2, 0.25) is 0 Å². The number of nitrogens with zero attached hydrogens (tertiary/aromatic N) is 1. The molecule has 0 spiro atoms. The molecule has 10 heavy (non-hydrogen) atoms. The summed E-state index contributed by atoms with van der Waals surface area (Å²) in [6, 6.07) is 0. The van der Waals surface area contributed by atoms with E-state index in [-0.39, 0.29) is 0 Å². The van der Waals surface area contributed by atoms with Crippen LogP contribution in [0.1, 0.15) is 12.8 Å². The van der Waals surface area contributed by atoms with Gasteiger partial charge in [0.15, 0.2) is 0 Å². The summed E-state index contributed by atoms with van der Waals surface area (Å²) in [6.07, 6.45) is 2.66. The summed E-state index contributed by atoms with van der Waals surface area (Å²) in [6.45, 7) is 2.49. The van der Waals surface area contributed by atoms with Crippen molar-refractivity contribution in [1.29, 1.82) is 0 Å². The quantitative estimate of drug-likeness (QED) is 0.424. The van der Waals surface area contributed by atoms with Crippen LogP contribution in [-0.4, -0.2) is 28.4 Å². The van der Waals surface area contributed by atoms with Gasteiger partial charge in [-0.2, -0.15) is 0 Å². The van der Waals surface area contributed by atoms with Gasteiger partial charge < -0.3 is 0 Å². The van der Waals surface area contributed by atoms with Gasteiger partial charge in [-0.25, -0.2) is 0 Å². The number of alkyl halides is 2. The predicted molar refractivity (Wildman–Crippen MR) is 53.9 cm³/mol. The number of likely N-dealkylation sites (tertiary alicyclic amines) is 1. The van der Waals surface area contributed by atoms with Gasteiger partial charge in [0.25, 0.3) is 0 Å². The normalized spacial score (nSPS) is 28.8. The van der Waals surface area contributed by atoms with E-state index in [1.807, 2.05) is 0 Å². The van der Waals surface area contributed by atoms with E-state index < -0.39 is 0 Å². The maximum Gasteiger partial charge on any atom is 0.0505 e. The molecule has 1 unspecified atom stereocenters. The summed E-state index contributed by atoms with van der Waals surface area (Å²) < 4.78 is 1.16. The van der Waals surface area contributed by atoms with Crippen molar-refractivity contribution in [1.82, 2.24) is 4.90 Å². The molecule has 1 fully saturated rings. The lowest BCUT2D eigenvalue weighted by Gasteiger charge is -2.29. The second kappa shape index (κ2) is 4.78. The van der Waals surface area contributed by atoms with E-state index in [0.29, 0.717) is 0 Å². The summed E-state index contributed by atoms with van der Waals surface area (Å²) in [4.78, 5) is 2.47. The van der Waals surface area contributed by atoms with Crippen molar-refractivity contribution in [3.8, 4) is 0 Å². The molecule has 0 aromatic carbocycles. The zero-order valence-corrected chi connectivity index (χ0v) is 8.94. The van der Waals surface area contributed by atoms with E-state index in [2.05, 4.69) is 27.5 Å². The van der Waals surface area contributed by atoms with Crippen LogP contribution in [0.25, 0.3) is 0 Å². The lowest BCUT2D eigenvalue weighted by Crippen LogP contribution is -2.34. The van der Waals surface area contributed by atoms with Gasteiger partial charge in [-0.1, -0.05) is 22.6 Å². The van der Waals surface area contributed by atoms with Gasteiger partial charge >= 0.3 is 0 Å². The van der Waals surface area contributed by atoms with Crippen LogP contribution in [0.4, 0.5) is 0 Å². The minimum Gasteiger partial charge on any atom is -0.294 e. The fourth-order valence-electron chi connectivity index (χ4n) is 1.39. The molecule has 3 heteroatoms. The first kappa shape index (κ1) is 9.07. The van der Waals surface area contributed by atoms with Crippen molar-refractivity contribution < 1.29 is 0 Å². The number of hydrogen-bond donors (Lipinski definition) is 0. The average Bonchev–Trinajstić information content (AvgIpc) is 2.05. The van der Waals surface area contributed by atoms with Crippen molar-refractivity contribution in [2.24, 2.45) is 5.92 Å². The second-order valence-corrected chi connectivity index (χ2v) is 3.85. The fourth-order valence-corrected chi connectivity index (χ4v) is 2.26. The SMILES string of the molecule is ClCC1CCCN(CI)C1. The molecular formula is C7H13ClIN. The largest absolute Gasteiger partial charge is 0.294 e. The first-order valence-corrected chi connectivity index (χ1v) is 5.77. The molecule has 0 amide bonds. The Balaban J connectivity index is 2.25. The van der Waals surface area contributed by atoms with Crippen molar-refractivity contribution >= 4 is 34.2 Å². The Morgan fingerprint density at radius 2 is 2.40 bits per heavy atom. The topological polar surface area (TPSA) is 3.24 Å². The molecule has 1 atom stereocenters. The van der Waals surface area contributed by atoms with Crippen LogP contribution in [0.15, 0.2) is 0 Å². The number of hydrogen-bond acceptors (Lipinski definition) is 1. The van der Waals surface area contributed by atoms with Gasteiger partial charge in [-0.3, -0.25) is 4.90 Å². The minimum absolute atomic E-state index is 0.755. The Kier molecular flexibility index (Phi) is 4.33. The van der Waals surface area contributed by atoms with Crippen LogP contribution >= 0.6 is 34.2 Å². The molecule has 1 saturated heterocycles. The summed E-state index contributed by atoms with van der Waals surface area (Å²) >= 11 is 8.19. The van der Waals surface area contributed by atoms with Gasteiger partial charge in [-0.15, -0.1) is 11.6 Å². The van der Waals surface area contributed by atoms with Gasteiger partial charge in [-0.05, 0) is 25.3 Å². The third kappa shape index (κ3) is 2.55. The zero-order chi connectivity index (χ0) is 7.40. The lowest BCUT2D eigenvalue weighted by atomic mass is 10.0. The Morgan fingerprint density at radius 1 is 1.60 bits per heavy atom. The average molecular weight is 274 g/mol. The second-order valence-electron chi connectivity index (χ2n) is 2.86. The molecule has 1 aliphatic heterocycles. The summed E-state index contributed by atoms with van der Waals surface area (Å²) in [7, 11) is 0. The van der Waals surface area contributed by atoms with Gasteiger partial charge in [0.1, 0.15) is 0 Å². The minimum atomic E-state index is 0.755. The first-order valence-electron chi connectivity index (χ1n) is 3.71. The molecule has 0 aromatic rings. The molecule has 0 bridgehead atoms. The highest BCUT2D eigenvalue weighted by atomic mass is 127.